The molecule has 0 bridgehead atoms. The zero-order valence-electron chi connectivity index (χ0n) is 17.5. The van der Waals surface area contributed by atoms with Gasteiger partial charge in [-0.25, -0.2) is 14.6 Å². The molecule has 5 rings (SSSR count). The van der Waals surface area contributed by atoms with E-state index in [0.29, 0.717) is 36.4 Å². The predicted octanol–water partition coefficient (Wildman–Crippen LogP) is 3.38. The van der Waals surface area contributed by atoms with Gasteiger partial charge in [-0.05, 0) is 29.8 Å². The maximum Gasteiger partial charge on any atom is 0.269 e. The summed E-state index contributed by atoms with van der Waals surface area (Å²) in [5.74, 6) is -0.262. The van der Waals surface area contributed by atoms with Crippen molar-refractivity contribution < 1.29 is 4.79 Å². The van der Waals surface area contributed by atoms with E-state index in [1.807, 2.05) is 54.6 Å². The molecule has 0 aliphatic carbocycles. The Balaban J connectivity index is 1.27. The molecular weight excluding hydrogens is 484 g/mol. The lowest BCUT2D eigenvalue weighted by atomic mass is 10.2. The van der Waals surface area contributed by atoms with Crippen LogP contribution in [0.3, 0.4) is 0 Å². The number of nitrogens with one attached hydrogen (secondary N) is 1. The van der Waals surface area contributed by atoms with Crippen LogP contribution in [0, 0.1) is 0 Å². The third kappa shape index (κ3) is 4.40. The average Bonchev–Trinajstić information content (AvgIpc) is 3.25. The number of nitrogens with zero attached hydrogens (tertiary/aromatic N) is 5. The molecule has 0 fully saturated rings. The van der Waals surface area contributed by atoms with Gasteiger partial charge in [0.05, 0.1) is 24.8 Å². The molecule has 0 aliphatic heterocycles. The maximum absolute atomic E-state index is 12.9. The third-order valence-corrected chi connectivity index (χ3v) is 5.86. The largest absolute Gasteiger partial charge is 0.349 e. The van der Waals surface area contributed by atoms with E-state index in [1.54, 1.807) is 15.3 Å². The molecule has 3 aromatic heterocycles. The van der Waals surface area contributed by atoms with Crippen molar-refractivity contribution in [1.82, 2.24) is 29.6 Å². The second kappa shape index (κ2) is 8.95. The fourth-order valence-corrected chi connectivity index (χ4v) is 3.88. The highest BCUT2D eigenvalue weighted by Crippen LogP contribution is 2.13. The van der Waals surface area contributed by atoms with E-state index in [2.05, 4.69) is 36.3 Å². The number of carbonyl (C=O) groups is 1. The Morgan fingerprint density at radius 2 is 1.85 bits per heavy atom. The van der Waals surface area contributed by atoms with E-state index in [4.69, 9.17) is 0 Å². The monoisotopic (exact) mass is 502 g/mol. The summed E-state index contributed by atoms with van der Waals surface area (Å²) in [4.78, 5) is 34.2. The first-order valence-corrected chi connectivity index (χ1v) is 11.2. The second-order valence-corrected chi connectivity index (χ2v) is 8.47. The van der Waals surface area contributed by atoms with Gasteiger partial charge in [0, 0.05) is 16.4 Å². The number of aromatic nitrogens is 5. The standard InChI is InChI=1S/C24H19BrN6O2/c25-18-8-5-16(6-9-18)14-30-15-27-22-19(24(30)33)13-28-31(22)12-11-26-23(32)21-10-7-17-3-1-2-4-20(17)29-21/h1-10,13,15H,11-12,14H2,(H,26,32). The zero-order chi connectivity index (χ0) is 22.8. The van der Waals surface area contributed by atoms with Crippen LogP contribution in [0.2, 0.25) is 0 Å². The molecule has 5 aromatic rings. The zero-order valence-corrected chi connectivity index (χ0v) is 19.1. The highest BCUT2D eigenvalue weighted by molar-refractivity contribution is 9.10. The number of hydrogen-bond donors (Lipinski definition) is 1. The Morgan fingerprint density at radius 1 is 1.03 bits per heavy atom. The number of para-hydroxylation sites is 1. The molecule has 0 unspecified atom stereocenters. The lowest BCUT2D eigenvalue weighted by Crippen LogP contribution is -2.28. The normalized spacial score (nSPS) is 11.2. The van der Waals surface area contributed by atoms with E-state index < -0.39 is 0 Å². The van der Waals surface area contributed by atoms with Gasteiger partial charge in [0.1, 0.15) is 17.4 Å². The van der Waals surface area contributed by atoms with Crippen molar-refractivity contribution in [2.75, 3.05) is 6.54 Å². The minimum atomic E-state index is -0.262. The average molecular weight is 503 g/mol. The molecule has 1 N–H and O–H groups in total. The molecule has 2 aromatic carbocycles. The highest BCUT2D eigenvalue weighted by Gasteiger charge is 2.12. The molecule has 0 saturated heterocycles. The number of pyridine rings is 1. The van der Waals surface area contributed by atoms with Gasteiger partial charge in [-0.3, -0.25) is 14.2 Å². The van der Waals surface area contributed by atoms with Crippen molar-refractivity contribution in [2.24, 2.45) is 0 Å². The summed E-state index contributed by atoms with van der Waals surface area (Å²) in [6, 6.07) is 19.0. The Labute approximate surface area is 197 Å². The molecule has 33 heavy (non-hydrogen) atoms. The summed E-state index contributed by atoms with van der Waals surface area (Å²) in [7, 11) is 0. The van der Waals surface area contributed by atoms with Crippen molar-refractivity contribution in [1.29, 1.82) is 0 Å². The Morgan fingerprint density at radius 3 is 2.70 bits per heavy atom. The summed E-state index contributed by atoms with van der Waals surface area (Å²) in [6.07, 6.45) is 3.05. The minimum Gasteiger partial charge on any atom is -0.349 e. The van der Waals surface area contributed by atoms with Crippen LogP contribution >= 0.6 is 15.9 Å². The Bertz CT molecular complexity index is 1520. The van der Waals surface area contributed by atoms with Crippen LogP contribution in [0.1, 0.15) is 16.1 Å². The molecule has 164 valence electrons. The van der Waals surface area contributed by atoms with Crippen molar-refractivity contribution >= 4 is 43.8 Å². The van der Waals surface area contributed by atoms with Crippen LogP contribution in [0.5, 0.6) is 0 Å². The first-order valence-electron chi connectivity index (χ1n) is 10.4. The molecule has 0 radical (unpaired) electrons. The number of hydrogen-bond acceptors (Lipinski definition) is 5. The second-order valence-electron chi connectivity index (χ2n) is 7.55. The van der Waals surface area contributed by atoms with Crippen LogP contribution in [0.15, 0.2) is 82.5 Å². The van der Waals surface area contributed by atoms with Gasteiger partial charge >= 0.3 is 0 Å². The Hall–Kier alpha value is -3.85. The first-order chi connectivity index (χ1) is 16.1. The van der Waals surface area contributed by atoms with Gasteiger partial charge in [0.2, 0.25) is 0 Å². The number of carbonyl (C=O) groups excluding carboxylic acids is 1. The smallest absolute Gasteiger partial charge is 0.269 e. The number of benzene rings is 2. The SMILES string of the molecule is O=C(NCCn1ncc2c(=O)n(Cc3ccc(Br)cc3)cnc21)c1ccc2ccccc2n1. The lowest BCUT2D eigenvalue weighted by molar-refractivity contribution is 0.0947. The van der Waals surface area contributed by atoms with E-state index in [0.717, 1.165) is 20.9 Å². The van der Waals surface area contributed by atoms with Crippen molar-refractivity contribution in [3.63, 3.8) is 0 Å². The quantitative estimate of drug-likeness (QED) is 0.384. The fourth-order valence-electron chi connectivity index (χ4n) is 3.62. The molecule has 8 nitrogen and oxygen atoms in total. The van der Waals surface area contributed by atoms with E-state index in [1.165, 1.54) is 12.5 Å². The van der Waals surface area contributed by atoms with Gasteiger partial charge in [0.15, 0.2) is 5.65 Å². The number of rotatable bonds is 6. The molecule has 9 heteroatoms. The van der Waals surface area contributed by atoms with Crippen LogP contribution in [0.25, 0.3) is 21.9 Å². The summed E-state index contributed by atoms with van der Waals surface area (Å²) >= 11 is 3.41. The van der Waals surface area contributed by atoms with Gasteiger partial charge in [0.25, 0.3) is 11.5 Å². The lowest BCUT2D eigenvalue weighted by Gasteiger charge is -2.08. The minimum absolute atomic E-state index is 0.154. The summed E-state index contributed by atoms with van der Waals surface area (Å²) < 4.78 is 4.16. The summed E-state index contributed by atoms with van der Waals surface area (Å²) in [5, 5.41) is 8.57. The van der Waals surface area contributed by atoms with Gasteiger partial charge in [-0.15, -0.1) is 0 Å². The van der Waals surface area contributed by atoms with E-state index >= 15 is 0 Å². The number of halogens is 1. The first kappa shape index (κ1) is 21.0. The molecule has 0 saturated carbocycles. The van der Waals surface area contributed by atoms with Crippen molar-refractivity contribution in [3.05, 3.63) is 99.3 Å². The molecule has 1 amide bonds. The van der Waals surface area contributed by atoms with Gasteiger partial charge < -0.3 is 5.32 Å². The topological polar surface area (TPSA) is 94.7 Å². The highest BCUT2D eigenvalue weighted by atomic mass is 79.9. The molecule has 0 spiro atoms. The maximum atomic E-state index is 12.9. The summed E-state index contributed by atoms with van der Waals surface area (Å²) in [6.45, 7) is 1.13. The molecular formula is C24H19BrN6O2. The molecule has 0 aliphatic rings. The van der Waals surface area contributed by atoms with E-state index in [-0.39, 0.29) is 11.5 Å². The fraction of sp³-hybridized carbons (Fsp3) is 0.125. The Kier molecular flexibility index (Phi) is 5.70. The van der Waals surface area contributed by atoms with Crippen molar-refractivity contribution in [3.8, 4) is 0 Å². The van der Waals surface area contributed by atoms with Crippen LogP contribution in [-0.4, -0.2) is 36.8 Å². The predicted molar refractivity (Wildman–Crippen MR) is 129 cm³/mol. The van der Waals surface area contributed by atoms with Crippen molar-refractivity contribution in [2.45, 2.75) is 13.1 Å². The third-order valence-electron chi connectivity index (χ3n) is 5.33. The molecule has 0 atom stereocenters. The van der Waals surface area contributed by atoms with Gasteiger partial charge in [-0.2, -0.15) is 5.10 Å². The molecule has 3 heterocycles. The summed E-state index contributed by atoms with van der Waals surface area (Å²) in [5.41, 5.74) is 2.46. The number of fused-ring (bicyclic) bond motifs is 2. The van der Waals surface area contributed by atoms with Crippen LogP contribution in [0.4, 0.5) is 0 Å². The van der Waals surface area contributed by atoms with Crippen LogP contribution < -0.4 is 10.9 Å². The number of amides is 1. The van der Waals surface area contributed by atoms with Crippen LogP contribution in [-0.2, 0) is 13.1 Å². The van der Waals surface area contributed by atoms with E-state index in [9.17, 15) is 9.59 Å². The van der Waals surface area contributed by atoms with Gasteiger partial charge in [-0.1, -0.05) is 52.3 Å².